The third kappa shape index (κ3) is 2.83. The molecule has 1 unspecified atom stereocenters. The van der Waals surface area contributed by atoms with E-state index in [9.17, 15) is 19.6 Å². The van der Waals surface area contributed by atoms with Crippen LogP contribution in [0.4, 0.5) is 10.1 Å². The lowest BCUT2D eigenvalue weighted by Crippen LogP contribution is -2.29. The molecule has 1 atom stereocenters. The third-order valence-corrected chi connectivity index (χ3v) is 3.16. The quantitative estimate of drug-likeness (QED) is 0.658. The van der Waals surface area contributed by atoms with Crippen LogP contribution in [0.1, 0.15) is 18.9 Å². The summed E-state index contributed by atoms with van der Waals surface area (Å²) in [6, 6.07) is 3.45. The lowest BCUT2D eigenvalue weighted by Gasteiger charge is -2.18. The van der Waals surface area contributed by atoms with Gasteiger partial charge in [-0.2, -0.15) is 0 Å². The molecule has 1 aliphatic heterocycles. The molecule has 1 heterocycles. The Morgan fingerprint density at radius 1 is 1.61 bits per heavy atom. The van der Waals surface area contributed by atoms with E-state index in [-0.39, 0.29) is 12.2 Å². The maximum absolute atomic E-state index is 13.1. The fourth-order valence-electron chi connectivity index (χ4n) is 2.27. The molecule has 0 aromatic heterocycles. The van der Waals surface area contributed by atoms with Gasteiger partial charge in [-0.1, -0.05) is 0 Å². The summed E-state index contributed by atoms with van der Waals surface area (Å²) >= 11 is 0. The first-order valence-electron chi connectivity index (χ1n) is 5.75. The van der Waals surface area contributed by atoms with Gasteiger partial charge in [0.25, 0.3) is 5.69 Å². The Morgan fingerprint density at radius 2 is 2.33 bits per heavy atom. The molecular weight excluding hydrogens is 239 g/mol. The Hall–Kier alpha value is -1.53. The highest BCUT2D eigenvalue weighted by atomic mass is 19.1. The Morgan fingerprint density at radius 3 is 2.89 bits per heavy atom. The molecule has 18 heavy (non-hydrogen) atoms. The van der Waals surface area contributed by atoms with E-state index in [4.69, 9.17) is 0 Å². The van der Waals surface area contributed by atoms with Gasteiger partial charge in [0.15, 0.2) is 0 Å². The van der Waals surface area contributed by atoms with Crippen molar-refractivity contribution in [3.8, 4) is 0 Å². The summed E-state index contributed by atoms with van der Waals surface area (Å²) in [6.45, 7) is 3.11. The molecule has 1 fully saturated rings. The number of hydrogen-bond acceptors (Lipinski definition) is 4. The van der Waals surface area contributed by atoms with Gasteiger partial charge < -0.3 is 5.11 Å². The summed E-state index contributed by atoms with van der Waals surface area (Å²) < 4.78 is 13.1. The Labute approximate surface area is 104 Å². The van der Waals surface area contributed by atoms with E-state index in [1.807, 2.05) is 4.90 Å². The van der Waals surface area contributed by atoms with Crippen LogP contribution in [0.3, 0.4) is 0 Å². The van der Waals surface area contributed by atoms with Crippen LogP contribution in [0.5, 0.6) is 0 Å². The smallest absolute Gasteiger partial charge is 0.274 e. The molecule has 1 aromatic rings. The zero-order valence-electron chi connectivity index (χ0n) is 10.1. The van der Waals surface area contributed by atoms with E-state index in [0.717, 1.165) is 6.07 Å². The molecule has 6 heteroatoms. The summed E-state index contributed by atoms with van der Waals surface area (Å²) in [7, 11) is 0. The minimum atomic E-state index is -0.762. The van der Waals surface area contributed by atoms with Crippen molar-refractivity contribution in [2.75, 3.05) is 13.1 Å². The van der Waals surface area contributed by atoms with Gasteiger partial charge in [-0.15, -0.1) is 0 Å². The topological polar surface area (TPSA) is 66.6 Å². The van der Waals surface area contributed by atoms with Crippen LogP contribution in [-0.4, -0.2) is 33.6 Å². The number of aliphatic hydroxyl groups is 1. The second kappa shape index (κ2) is 4.62. The first kappa shape index (κ1) is 12.9. The van der Waals surface area contributed by atoms with Gasteiger partial charge in [0, 0.05) is 31.3 Å². The van der Waals surface area contributed by atoms with Crippen LogP contribution in [0.15, 0.2) is 18.2 Å². The van der Waals surface area contributed by atoms with Crippen LogP contribution in [0.25, 0.3) is 0 Å². The van der Waals surface area contributed by atoms with Gasteiger partial charge in [0.1, 0.15) is 5.82 Å². The summed E-state index contributed by atoms with van der Waals surface area (Å²) in [5, 5.41) is 20.7. The van der Waals surface area contributed by atoms with Gasteiger partial charge in [-0.05, 0) is 25.5 Å². The second-order valence-corrected chi connectivity index (χ2v) is 4.99. The summed E-state index contributed by atoms with van der Waals surface area (Å²) in [5.41, 5.74) is -0.497. The molecule has 5 nitrogen and oxygen atoms in total. The number of halogens is 1. The monoisotopic (exact) mass is 254 g/mol. The molecule has 1 saturated heterocycles. The van der Waals surface area contributed by atoms with Crippen LogP contribution >= 0.6 is 0 Å². The zero-order valence-corrected chi connectivity index (χ0v) is 10.1. The fourth-order valence-corrected chi connectivity index (χ4v) is 2.27. The first-order chi connectivity index (χ1) is 8.37. The number of nitrogens with zero attached hydrogens (tertiary/aromatic N) is 2. The summed E-state index contributed by atoms with van der Waals surface area (Å²) in [5.74, 6) is -0.485. The van der Waals surface area contributed by atoms with Crippen molar-refractivity contribution < 1.29 is 14.4 Å². The van der Waals surface area contributed by atoms with Gasteiger partial charge in [0.05, 0.1) is 10.5 Å². The molecule has 0 radical (unpaired) electrons. The van der Waals surface area contributed by atoms with E-state index in [0.29, 0.717) is 25.1 Å². The van der Waals surface area contributed by atoms with E-state index in [1.54, 1.807) is 6.92 Å². The van der Waals surface area contributed by atoms with Crippen LogP contribution < -0.4 is 0 Å². The highest BCUT2D eigenvalue weighted by molar-refractivity contribution is 5.40. The summed E-state index contributed by atoms with van der Waals surface area (Å²) in [4.78, 5) is 12.2. The standard InChI is InChI=1S/C12H15FN2O3/c1-12(16)4-5-14(8-12)7-9-6-10(13)2-3-11(9)15(17)18/h2-3,6,16H,4-5,7-8H2,1H3. The van der Waals surface area contributed by atoms with Crippen LogP contribution in [0.2, 0.25) is 0 Å². The number of likely N-dealkylation sites (tertiary alicyclic amines) is 1. The van der Waals surface area contributed by atoms with Crippen molar-refractivity contribution in [1.29, 1.82) is 0 Å². The molecule has 0 amide bonds. The second-order valence-electron chi connectivity index (χ2n) is 4.99. The average molecular weight is 254 g/mol. The first-order valence-corrected chi connectivity index (χ1v) is 5.75. The number of nitro groups is 1. The highest BCUT2D eigenvalue weighted by Gasteiger charge is 2.32. The molecule has 0 spiro atoms. The summed E-state index contributed by atoms with van der Waals surface area (Å²) in [6.07, 6.45) is 0.621. The van der Waals surface area contributed by atoms with E-state index in [2.05, 4.69) is 0 Å². The van der Waals surface area contributed by atoms with Gasteiger partial charge in [-0.25, -0.2) is 4.39 Å². The zero-order chi connectivity index (χ0) is 13.3. The molecule has 2 rings (SSSR count). The maximum atomic E-state index is 13.1. The molecule has 1 aromatic carbocycles. The molecule has 0 saturated carbocycles. The lowest BCUT2D eigenvalue weighted by atomic mass is 10.1. The predicted octanol–water partition coefficient (Wildman–Crippen LogP) is 1.69. The SMILES string of the molecule is CC1(O)CCN(Cc2cc(F)ccc2[N+](=O)[O-])C1. The van der Waals surface area contributed by atoms with Crippen molar-refractivity contribution in [1.82, 2.24) is 4.90 Å². The Balaban J connectivity index is 2.18. The number of nitro benzene ring substituents is 1. The van der Waals surface area contributed by atoms with E-state index >= 15 is 0 Å². The molecule has 0 bridgehead atoms. The fraction of sp³-hybridized carbons (Fsp3) is 0.500. The molecule has 1 N–H and O–H groups in total. The number of rotatable bonds is 3. The number of hydrogen-bond donors (Lipinski definition) is 1. The van der Waals surface area contributed by atoms with Crippen molar-refractivity contribution in [2.24, 2.45) is 0 Å². The Bertz CT molecular complexity index is 476. The lowest BCUT2D eigenvalue weighted by molar-refractivity contribution is -0.385. The molecule has 1 aliphatic rings. The molecule has 98 valence electrons. The largest absolute Gasteiger partial charge is 0.389 e. The van der Waals surface area contributed by atoms with Crippen molar-refractivity contribution in [2.45, 2.75) is 25.5 Å². The van der Waals surface area contributed by atoms with Gasteiger partial charge in [0.2, 0.25) is 0 Å². The van der Waals surface area contributed by atoms with Crippen LogP contribution in [-0.2, 0) is 6.54 Å². The van der Waals surface area contributed by atoms with Crippen molar-refractivity contribution in [3.63, 3.8) is 0 Å². The average Bonchev–Trinajstić information content (AvgIpc) is 2.57. The van der Waals surface area contributed by atoms with Crippen LogP contribution in [0, 0.1) is 15.9 Å². The van der Waals surface area contributed by atoms with Gasteiger partial charge in [-0.3, -0.25) is 15.0 Å². The minimum Gasteiger partial charge on any atom is -0.389 e. The maximum Gasteiger partial charge on any atom is 0.274 e. The number of benzene rings is 1. The van der Waals surface area contributed by atoms with E-state index in [1.165, 1.54) is 12.1 Å². The van der Waals surface area contributed by atoms with Gasteiger partial charge >= 0.3 is 0 Å². The van der Waals surface area contributed by atoms with E-state index < -0.39 is 16.3 Å². The normalized spacial score (nSPS) is 24.4. The highest BCUT2D eigenvalue weighted by Crippen LogP contribution is 2.26. The molecule has 0 aliphatic carbocycles. The number of β-amino-alcohol motifs (C(OH)–C–C–N with tert-alkyl or cyclic N) is 1. The Kier molecular flexibility index (Phi) is 3.32. The third-order valence-electron chi connectivity index (χ3n) is 3.16. The predicted molar refractivity (Wildman–Crippen MR) is 63.6 cm³/mol. The van der Waals surface area contributed by atoms with Crippen molar-refractivity contribution >= 4 is 5.69 Å². The van der Waals surface area contributed by atoms with Crippen molar-refractivity contribution in [3.05, 3.63) is 39.7 Å². The molecular formula is C12H15FN2O3. The minimum absolute atomic E-state index is 0.0806.